The molecule has 1 N–H and O–H groups in total. The van der Waals surface area contributed by atoms with Gasteiger partial charge in [0.1, 0.15) is 0 Å². The molecule has 1 heterocycles. The van der Waals surface area contributed by atoms with Crippen molar-refractivity contribution in [3.8, 4) is 0 Å². The van der Waals surface area contributed by atoms with Gasteiger partial charge in [0.05, 0.1) is 0 Å². The molecule has 2 rings (SSSR count). The summed E-state index contributed by atoms with van der Waals surface area (Å²) in [5.74, 6) is 0. The highest BCUT2D eigenvalue weighted by atomic mass is 15.2. The topological polar surface area (TPSA) is 15.3 Å². The standard InChI is InChI=1S/C19H32N2/c1-6-20-18(17-13-15(2)7-8-16(17)3)14-21-11-9-19(4,5)10-12-21/h7-8,13,18,20H,6,9-12,14H2,1-5H3. The number of likely N-dealkylation sites (tertiary alicyclic amines) is 1. The van der Waals surface area contributed by atoms with Crippen LogP contribution in [0.2, 0.25) is 0 Å². The van der Waals surface area contributed by atoms with E-state index in [2.05, 4.69) is 63.0 Å². The first-order valence-corrected chi connectivity index (χ1v) is 8.44. The van der Waals surface area contributed by atoms with Crippen molar-refractivity contribution in [2.75, 3.05) is 26.2 Å². The monoisotopic (exact) mass is 288 g/mol. The highest BCUT2D eigenvalue weighted by Gasteiger charge is 2.27. The summed E-state index contributed by atoms with van der Waals surface area (Å²) in [7, 11) is 0. The van der Waals surface area contributed by atoms with E-state index in [1.165, 1.54) is 42.6 Å². The molecule has 0 saturated carbocycles. The van der Waals surface area contributed by atoms with Crippen molar-refractivity contribution in [2.24, 2.45) is 5.41 Å². The molecule has 1 atom stereocenters. The van der Waals surface area contributed by atoms with Crippen LogP contribution in [-0.2, 0) is 0 Å². The number of rotatable bonds is 5. The second-order valence-electron chi connectivity index (χ2n) is 7.44. The minimum absolute atomic E-state index is 0.455. The van der Waals surface area contributed by atoms with Crippen LogP contribution in [0.1, 0.15) is 56.3 Å². The second kappa shape index (κ2) is 6.93. The number of aryl methyl sites for hydroxylation is 2. The minimum atomic E-state index is 0.455. The maximum absolute atomic E-state index is 3.69. The molecular formula is C19H32N2. The summed E-state index contributed by atoms with van der Waals surface area (Å²) >= 11 is 0. The maximum atomic E-state index is 3.69. The Hall–Kier alpha value is -0.860. The summed E-state index contributed by atoms with van der Waals surface area (Å²) in [6.45, 7) is 16.1. The first-order valence-electron chi connectivity index (χ1n) is 8.44. The number of hydrogen-bond donors (Lipinski definition) is 1. The molecule has 2 nitrogen and oxygen atoms in total. The molecule has 118 valence electrons. The van der Waals surface area contributed by atoms with Gasteiger partial charge in [0.25, 0.3) is 0 Å². The average Bonchev–Trinajstić information content (AvgIpc) is 2.43. The lowest BCUT2D eigenvalue weighted by molar-refractivity contribution is 0.122. The highest BCUT2D eigenvalue weighted by molar-refractivity contribution is 5.33. The highest BCUT2D eigenvalue weighted by Crippen LogP contribution is 2.31. The lowest BCUT2D eigenvalue weighted by atomic mass is 9.82. The van der Waals surface area contributed by atoms with Crippen molar-refractivity contribution >= 4 is 0 Å². The van der Waals surface area contributed by atoms with Gasteiger partial charge < -0.3 is 10.2 Å². The Labute approximate surface area is 130 Å². The number of nitrogens with one attached hydrogen (secondary N) is 1. The normalized spacial score (nSPS) is 20.4. The molecule has 0 bridgehead atoms. The Balaban J connectivity index is 2.07. The zero-order valence-corrected chi connectivity index (χ0v) is 14.5. The van der Waals surface area contributed by atoms with Crippen LogP contribution < -0.4 is 5.32 Å². The van der Waals surface area contributed by atoms with Crippen molar-refractivity contribution in [1.29, 1.82) is 0 Å². The molecule has 1 aliphatic heterocycles. The summed E-state index contributed by atoms with van der Waals surface area (Å²) in [6.07, 6.45) is 2.64. The second-order valence-corrected chi connectivity index (χ2v) is 7.44. The van der Waals surface area contributed by atoms with Crippen molar-refractivity contribution < 1.29 is 0 Å². The van der Waals surface area contributed by atoms with Gasteiger partial charge in [-0.1, -0.05) is 44.5 Å². The molecule has 0 spiro atoms. The van der Waals surface area contributed by atoms with E-state index in [0.717, 1.165) is 13.1 Å². The minimum Gasteiger partial charge on any atom is -0.309 e. The van der Waals surface area contributed by atoms with Gasteiger partial charge in [-0.2, -0.15) is 0 Å². The number of benzene rings is 1. The predicted molar refractivity (Wildman–Crippen MR) is 91.8 cm³/mol. The van der Waals surface area contributed by atoms with E-state index in [0.29, 0.717) is 11.5 Å². The van der Waals surface area contributed by atoms with Gasteiger partial charge in [-0.25, -0.2) is 0 Å². The van der Waals surface area contributed by atoms with Gasteiger partial charge in [0, 0.05) is 12.6 Å². The van der Waals surface area contributed by atoms with Crippen LogP contribution in [0.15, 0.2) is 18.2 Å². The van der Waals surface area contributed by atoms with Gasteiger partial charge in [0.2, 0.25) is 0 Å². The average molecular weight is 288 g/mol. The van der Waals surface area contributed by atoms with Crippen LogP contribution >= 0.6 is 0 Å². The van der Waals surface area contributed by atoms with Gasteiger partial charge in [-0.15, -0.1) is 0 Å². The molecule has 0 aromatic heterocycles. The van der Waals surface area contributed by atoms with Crippen LogP contribution in [0.3, 0.4) is 0 Å². The first-order chi connectivity index (χ1) is 9.91. The molecular weight excluding hydrogens is 256 g/mol. The molecule has 2 heteroatoms. The third kappa shape index (κ3) is 4.55. The molecule has 1 saturated heterocycles. The molecule has 1 unspecified atom stereocenters. The van der Waals surface area contributed by atoms with E-state index in [1.807, 2.05) is 0 Å². The van der Waals surface area contributed by atoms with Crippen molar-refractivity contribution in [2.45, 2.75) is 53.5 Å². The summed E-state index contributed by atoms with van der Waals surface area (Å²) in [6, 6.07) is 7.28. The lowest BCUT2D eigenvalue weighted by Crippen LogP contribution is -2.42. The van der Waals surface area contributed by atoms with E-state index < -0.39 is 0 Å². The molecule has 1 aromatic carbocycles. The fraction of sp³-hybridized carbons (Fsp3) is 0.684. The van der Waals surface area contributed by atoms with Gasteiger partial charge >= 0.3 is 0 Å². The summed E-state index contributed by atoms with van der Waals surface area (Å²) in [4.78, 5) is 2.64. The van der Waals surface area contributed by atoms with Gasteiger partial charge in [-0.05, 0) is 62.9 Å². The van der Waals surface area contributed by atoms with E-state index in [4.69, 9.17) is 0 Å². The molecule has 1 aliphatic rings. The molecule has 0 radical (unpaired) electrons. The van der Waals surface area contributed by atoms with Crippen LogP contribution in [0.4, 0.5) is 0 Å². The Morgan fingerprint density at radius 2 is 1.86 bits per heavy atom. The number of piperidine rings is 1. The fourth-order valence-corrected chi connectivity index (χ4v) is 3.25. The molecule has 0 amide bonds. The van der Waals surface area contributed by atoms with Gasteiger partial charge in [-0.3, -0.25) is 0 Å². The predicted octanol–water partition coefficient (Wildman–Crippen LogP) is 4.08. The summed E-state index contributed by atoms with van der Waals surface area (Å²) in [5.41, 5.74) is 4.77. The number of nitrogens with zero attached hydrogens (tertiary/aromatic N) is 1. The zero-order valence-electron chi connectivity index (χ0n) is 14.5. The van der Waals surface area contributed by atoms with E-state index >= 15 is 0 Å². The summed E-state index contributed by atoms with van der Waals surface area (Å²) in [5, 5.41) is 3.69. The largest absolute Gasteiger partial charge is 0.309 e. The Kier molecular flexibility index (Phi) is 5.45. The third-order valence-corrected chi connectivity index (χ3v) is 4.91. The Morgan fingerprint density at radius 3 is 2.48 bits per heavy atom. The molecule has 1 aromatic rings. The molecule has 21 heavy (non-hydrogen) atoms. The first kappa shape index (κ1) is 16.5. The molecule has 0 aliphatic carbocycles. The SMILES string of the molecule is CCNC(CN1CCC(C)(C)CC1)c1cc(C)ccc1C. The third-order valence-electron chi connectivity index (χ3n) is 4.91. The maximum Gasteiger partial charge on any atom is 0.0451 e. The number of likely N-dealkylation sites (N-methyl/N-ethyl adjacent to an activating group) is 1. The van der Waals surface area contributed by atoms with Crippen molar-refractivity contribution in [3.63, 3.8) is 0 Å². The fourth-order valence-electron chi connectivity index (χ4n) is 3.25. The number of hydrogen-bond acceptors (Lipinski definition) is 2. The van der Waals surface area contributed by atoms with E-state index in [9.17, 15) is 0 Å². The quantitative estimate of drug-likeness (QED) is 0.878. The summed E-state index contributed by atoms with van der Waals surface area (Å²) < 4.78 is 0. The smallest absolute Gasteiger partial charge is 0.0451 e. The van der Waals surface area contributed by atoms with Crippen LogP contribution in [-0.4, -0.2) is 31.1 Å². The Bertz CT molecular complexity index is 455. The Morgan fingerprint density at radius 1 is 1.19 bits per heavy atom. The van der Waals surface area contributed by atoms with E-state index in [-0.39, 0.29) is 0 Å². The van der Waals surface area contributed by atoms with Gasteiger partial charge in [0.15, 0.2) is 0 Å². The van der Waals surface area contributed by atoms with Crippen LogP contribution in [0.25, 0.3) is 0 Å². The molecule has 1 fully saturated rings. The zero-order chi connectivity index (χ0) is 15.5. The van der Waals surface area contributed by atoms with Crippen LogP contribution in [0.5, 0.6) is 0 Å². The lowest BCUT2D eigenvalue weighted by Gasteiger charge is -2.38. The van der Waals surface area contributed by atoms with Crippen LogP contribution in [0, 0.1) is 19.3 Å². The van der Waals surface area contributed by atoms with E-state index in [1.54, 1.807) is 0 Å². The van der Waals surface area contributed by atoms with Crippen molar-refractivity contribution in [3.05, 3.63) is 34.9 Å². The van der Waals surface area contributed by atoms with Crippen molar-refractivity contribution in [1.82, 2.24) is 10.2 Å².